The summed E-state index contributed by atoms with van der Waals surface area (Å²) in [6.07, 6.45) is 1.84. The maximum absolute atomic E-state index is 10.7. The number of Topliss-reactive ketones (excluding diaryl/α,β-unsaturated/α-hetero) is 1. The fourth-order valence-electron chi connectivity index (χ4n) is 0.497. The fraction of sp³-hybridized carbons (Fsp3) is 0.400. The first-order valence-electron chi connectivity index (χ1n) is 2.60. The summed E-state index contributed by atoms with van der Waals surface area (Å²) in [5.74, 6) is -0.209. The molecule has 0 bridgehead atoms. The summed E-state index contributed by atoms with van der Waals surface area (Å²) in [6.45, 7) is 0.137. The van der Waals surface area contributed by atoms with E-state index in [1.807, 2.05) is 6.26 Å². The minimum absolute atomic E-state index is 0.0411. The molecule has 54 valence electrons. The third-order valence-electron chi connectivity index (χ3n) is 0.964. The molecule has 3 nitrogen and oxygen atoms in total. The average molecular weight is 177 g/mol. The van der Waals surface area contributed by atoms with Crippen LogP contribution in [0.5, 0.6) is 0 Å². The van der Waals surface area contributed by atoms with E-state index in [4.69, 9.17) is 11.6 Å². The second-order valence-electron chi connectivity index (χ2n) is 1.63. The molecule has 0 N–H and O–H groups in total. The number of carbonyl (C=O) groups is 1. The first kappa shape index (κ1) is 7.75. The summed E-state index contributed by atoms with van der Waals surface area (Å²) in [6, 6.07) is 0. The van der Waals surface area contributed by atoms with Crippen LogP contribution in [-0.2, 0) is 4.79 Å². The summed E-state index contributed by atoms with van der Waals surface area (Å²) in [7, 11) is 0. The van der Waals surface area contributed by atoms with Crippen molar-refractivity contribution in [2.45, 2.75) is 0 Å². The van der Waals surface area contributed by atoms with Crippen LogP contribution < -0.4 is 0 Å². The van der Waals surface area contributed by atoms with Gasteiger partial charge in [0.1, 0.15) is 6.54 Å². The highest BCUT2D eigenvalue weighted by molar-refractivity contribution is 8.13. The highest BCUT2D eigenvalue weighted by Crippen LogP contribution is 2.06. The van der Waals surface area contributed by atoms with Crippen LogP contribution in [0.25, 0.3) is 0 Å². The van der Waals surface area contributed by atoms with Gasteiger partial charge in [0.2, 0.25) is 5.78 Å². The average Bonchev–Trinajstić information content (AvgIpc) is 1.95. The maximum atomic E-state index is 10.7. The zero-order valence-corrected chi connectivity index (χ0v) is 6.87. The number of thioether (sulfide) groups is 1. The fourth-order valence-corrected chi connectivity index (χ4v) is 1.06. The van der Waals surface area contributed by atoms with Crippen molar-refractivity contribution in [1.82, 2.24) is 0 Å². The first-order valence-corrected chi connectivity index (χ1v) is 4.20. The zero-order valence-electron chi connectivity index (χ0n) is 5.30. The van der Waals surface area contributed by atoms with E-state index in [2.05, 4.69) is 9.98 Å². The SMILES string of the molecule is CSC1=NCC(=O)C(Cl)=N1. The highest BCUT2D eigenvalue weighted by atomic mass is 35.5. The van der Waals surface area contributed by atoms with Crippen LogP contribution in [0, 0.1) is 0 Å². The number of carbonyl (C=O) groups excluding carboxylic acids is 1. The predicted octanol–water partition coefficient (Wildman–Crippen LogP) is 0.925. The topological polar surface area (TPSA) is 41.8 Å². The van der Waals surface area contributed by atoms with Crippen LogP contribution in [0.2, 0.25) is 0 Å². The van der Waals surface area contributed by atoms with E-state index < -0.39 is 0 Å². The second-order valence-corrected chi connectivity index (χ2v) is 2.76. The molecule has 0 unspecified atom stereocenters. The number of amidine groups is 1. The van der Waals surface area contributed by atoms with Gasteiger partial charge in [0.25, 0.3) is 0 Å². The lowest BCUT2D eigenvalue weighted by Gasteiger charge is -2.02. The molecule has 1 aliphatic heterocycles. The summed E-state index contributed by atoms with van der Waals surface area (Å²) in [5.41, 5.74) is 0. The van der Waals surface area contributed by atoms with Crippen molar-refractivity contribution in [2.75, 3.05) is 12.8 Å². The van der Waals surface area contributed by atoms with Gasteiger partial charge in [-0.2, -0.15) is 0 Å². The summed E-state index contributed by atoms with van der Waals surface area (Å²) in [4.78, 5) is 18.2. The van der Waals surface area contributed by atoms with Crippen LogP contribution in [0.4, 0.5) is 0 Å². The second kappa shape index (κ2) is 3.16. The van der Waals surface area contributed by atoms with Gasteiger partial charge < -0.3 is 0 Å². The lowest BCUT2D eigenvalue weighted by atomic mass is 10.4. The molecule has 0 amide bonds. The van der Waals surface area contributed by atoms with Crippen molar-refractivity contribution < 1.29 is 4.79 Å². The monoisotopic (exact) mass is 176 g/mol. The Morgan fingerprint density at radius 2 is 2.40 bits per heavy atom. The minimum Gasteiger partial charge on any atom is -0.289 e. The van der Waals surface area contributed by atoms with Gasteiger partial charge in [-0.1, -0.05) is 23.4 Å². The lowest BCUT2D eigenvalue weighted by molar-refractivity contribution is -0.111. The van der Waals surface area contributed by atoms with Gasteiger partial charge >= 0.3 is 0 Å². The van der Waals surface area contributed by atoms with Crippen LogP contribution in [0.15, 0.2) is 9.98 Å². The van der Waals surface area contributed by atoms with Crippen molar-refractivity contribution in [3.05, 3.63) is 0 Å². The molecule has 0 fully saturated rings. The molecule has 0 spiro atoms. The number of ketones is 1. The Balaban J connectivity index is 2.79. The van der Waals surface area contributed by atoms with Crippen molar-refractivity contribution in [2.24, 2.45) is 9.98 Å². The molecule has 0 saturated carbocycles. The molecule has 0 aromatic rings. The molecule has 5 heteroatoms. The summed E-state index contributed by atoms with van der Waals surface area (Å²) < 4.78 is 0. The molecule has 1 rings (SSSR count). The third kappa shape index (κ3) is 1.58. The summed E-state index contributed by atoms with van der Waals surface area (Å²) in [5, 5.41) is 0.615. The van der Waals surface area contributed by atoms with E-state index >= 15 is 0 Å². The van der Waals surface area contributed by atoms with Crippen molar-refractivity contribution in [3.63, 3.8) is 0 Å². The number of hydrogen-bond acceptors (Lipinski definition) is 4. The smallest absolute Gasteiger partial charge is 0.214 e. The van der Waals surface area contributed by atoms with E-state index in [0.717, 1.165) is 0 Å². The van der Waals surface area contributed by atoms with Crippen LogP contribution in [0.1, 0.15) is 0 Å². The van der Waals surface area contributed by atoms with Gasteiger partial charge in [0.05, 0.1) is 0 Å². The Labute approximate surface area is 67.6 Å². The number of aliphatic imine (C=N–C) groups is 2. The van der Waals surface area contributed by atoms with Crippen LogP contribution >= 0.6 is 23.4 Å². The van der Waals surface area contributed by atoms with Crippen LogP contribution in [-0.4, -0.2) is 28.9 Å². The third-order valence-corrected chi connectivity index (χ3v) is 1.85. The normalized spacial score (nSPS) is 18.4. The van der Waals surface area contributed by atoms with Crippen molar-refractivity contribution in [3.8, 4) is 0 Å². The Morgan fingerprint density at radius 1 is 1.70 bits per heavy atom. The van der Waals surface area contributed by atoms with E-state index in [9.17, 15) is 4.79 Å². The van der Waals surface area contributed by atoms with Gasteiger partial charge in [0.15, 0.2) is 10.3 Å². The molecule has 1 heterocycles. The van der Waals surface area contributed by atoms with E-state index in [-0.39, 0.29) is 17.5 Å². The molecule has 0 aromatic heterocycles. The Morgan fingerprint density at radius 3 is 2.90 bits per heavy atom. The molecule has 0 saturated heterocycles. The van der Waals surface area contributed by atoms with E-state index in [1.165, 1.54) is 11.8 Å². The van der Waals surface area contributed by atoms with Crippen LogP contribution in [0.3, 0.4) is 0 Å². The Hall–Kier alpha value is -0.350. The molecular weight excluding hydrogens is 172 g/mol. The Bertz CT molecular complexity index is 224. The van der Waals surface area contributed by atoms with E-state index in [1.54, 1.807) is 0 Å². The summed E-state index contributed by atoms with van der Waals surface area (Å²) >= 11 is 6.82. The number of halogens is 1. The molecular formula is C5H5ClN2OS. The molecule has 1 aliphatic rings. The molecule has 0 aromatic carbocycles. The quantitative estimate of drug-likeness (QED) is 0.551. The van der Waals surface area contributed by atoms with Gasteiger partial charge in [-0.3, -0.25) is 9.79 Å². The standard InChI is InChI=1S/C5H5ClN2OS/c1-10-5-7-2-3(9)4(6)8-5/h2H2,1H3. The lowest BCUT2D eigenvalue weighted by Crippen LogP contribution is -2.17. The molecule has 10 heavy (non-hydrogen) atoms. The number of hydrogen-bond donors (Lipinski definition) is 0. The molecule has 0 radical (unpaired) electrons. The largest absolute Gasteiger partial charge is 0.289 e. The number of nitrogens with zero attached hydrogens (tertiary/aromatic N) is 2. The van der Waals surface area contributed by atoms with Gasteiger partial charge in [-0.05, 0) is 6.26 Å². The molecule has 0 atom stereocenters. The first-order chi connectivity index (χ1) is 4.74. The van der Waals surface area contributed by atoms with Crippen molar-refractivity contribution in [1.29, 1.82) is 0 Å². The predicted molar refractivity (Wildman–Crippen MR) is 44.1 cm³/mol. The Kier molecular flexibility index (Phi) is 2.45. The van der Waals surface area contributed by atoms with Crippen molar-refractivity contribution >= 4 is 39.5 Å². The van der Waals surface area contributed by atoms with E-state index in [0.29, 0.717) is 5.17 Å². The number of rotatable bonds is 0. The minimum atomic E-state index is -0.209. The highest BCUT2D eigenvalue weighted by Gasteiger charge is 2.13. The van der Waals surface area contributed by atoms with Gasteiger partial charge in [0, 0.05) is 0 Å². The maximum Gasteiger partial charge on any atom is 0.214 e. The zero-order chi connectivity index (χ0) is 7.56. The molecule has 0 aliphatic carbocycles. The van der Waals surface area contributed by atoms with Gasteiger partial charge in [-0.15, -0.1) is 0 Å². The van der Waals surface area contributed by atoms with Gasteiger partial charge in [-0.25, -0.2) is 4.99 Å².